The number of alkyl halides is 3. The van der Waals surface area contributed by atoms with Gasteiger partial charge < -0.3 is 10.2 Å². The molecule has 0 fully saturated rings. The predicted molar refractivity (Wildman–Crippen MR) is 158 cm³/mol. The van der Waals surface area contributed by atoms with Gasteiger partial charge in [-0.15, -0.1) is 0 Å². The Balaban J connectivity index is 1.88. The fraction of sp³-hybridized carbons (Fsp3) is 0.310. The van der Waals surface area contributed by atoms with E-state index in [0.29, 0.717) is 10.6 Å². The van der Waals surface area contributed by atoms with Crippen LogP contribution in [0.1, 0.15) is 29.5 Å². The van der Waals surface area contributed by atoms with E-state index in [4.69, 9.17) is 23.2 Å². The molecule has 0 aliphatic carbocycles. The Kier molecular flexibility index (Phi) is 11.3. The van der Waals surface area contributed by atoms with Crippen molar-refractivity contribution in [3.63, 3.8) is 0 Å². The summed E-state index contributed by atoms with van der Waals surface area (Å²) in [5.74, 6) is -0.864. The molecule has 7 nitrogen and oxygen atoms in total. The van der Waals surface area contributed by atoms with E-state index in [0.717, 1.165) is 34.3 Å². The molecule has 13 heteroatoms. The van der Waals surface area contributed by atoms with Gasteiger partial charge in [-0.3, -0.25) is 13.9 Å². The van der Waals surface area contributed by atoms with E-state index >= 15 is 0 Å². The van der Waals surface area contributed by atoms with E-state index in [-0.39, 0.29) is 43.1 Å². The number of sulfonamides is 1. The van der Waals surface area contributed by atoms with Crippen molar-refractivity contribution in [2.75, 3.05) is 24.2 Å². The van der Waals surface area contributed by atoms with Gasteiger partial charge in [0.25, 0.3) is 0 Å². The number of halogens is 5. The Morgan fingerprint density at radius 1 is 0.929 bits per heavy atom. The number of nitrogens with zero attached hydrogens (tertiary/aromatic N) is 2. The Bertz CT molecular complexity index is 1510. The quantitative estimate of drug-likeness (QED) is 0.264. The van der Waals surface area contributed by atoms with Crippen LogP contribution in [0.4, 0.5) is 18.9 Å². The van der Waals surface area contributed by atoms with Gasteiger partial charge in [-0.2, -0.15) is 13.2 Å². The Hall–Kier alpha value is -3.28. The number of carbonyl (C=O) groups is 2. The molecule has 2 amide bonds. The van der Waals surface area contributed by atoms with Crippen molar-refractivity contribution in [3.05, 3.63) is 99.5 Å². The third-order valence-electron chi connectivity index (χ3n) is 6.47. The third-order valence-corrected chi connectivity index (χ3v) is 8.40. The number of amides is 2. The molecule has 0 aromatic heterocycles. The molecule has 226 valence electrons. The SMILES string of the molecule is CNC(=O)[C@H](Cc1ccccc1)N(Cc1ccc(Cl)c(Cl)c1)C(=O)CCCN(c1cccc(C(F)(F)F)c1)S(C)(=O)=O. The highest BCUT2D eigenvalue weighted by molar-refractivity contribution is 7.92. The first-order valence-corrected chi connectivity index (χ1v) is 15.4. The molecular formula is C29H30Cl2F3N3O4S. The van der Waals surface area contributed by atoms with Crippen LogP contribution in [0.15, 0.2) is 72.8 Å². The van der Waals surface area contributed by atoms with Gasteiger partial charge in [-0.05, 0) is 47.9 Å². The number of hydrogen-bond acceptors (Lipinski definition) is 4. The zero-order valence-corrected chi connectivity index (χ0v) is 25.2. The highest BCUT2D eigenvalue weighted by atomic mass is 35.5. The number of rotatable bonds is 12. The fourth-order valence-electron chi connectivity index (χ4n) is 4.40. The van der Waals surface area contributed by atoms with Crippen LogP contribution in [0.2, 0.25) is 10.0 Å². The molecule has 0 heterocycles. The van der Waals surface area contributed by atoms with E-state index in [9.17, 15) is 31.2 Å². The van der Waals surface area contributed by atoms with Crippen LogP contribution in [-0.4, -0.2) is 51.0 Å². The van der Waals surface area contributed by atoms with Gasteiger partial charge in [-0.1, -0.05) is 65.7 Å². The highest BCUT2D eigenvalue weighted by Crippen LogP contribution is 2.32. The second-order valence-corrected chi connectivity index (χ2v) is 12.3. The second-order valence-electron chi connectivity index (χ2n) is 9.58. The number of nitrogens with one attached hydrogen (secondary N) is 1. The maximum atomic E-state index is 13.7. The van der Waals surface area contributed by atoms with E-state index in [2.05, 4.69) is 5.32 Å². The summed E-state index contributed by atoms with van der Waals surface area (Å²) >= 11 is 12.2. The maximum Gasteiger partial charge on any atom is 0.416 e. The smallest absolute Gasteiger partial charge is 0.357 e. The van der Waals surface area contributed by atoms with Gasteiger partial charge in [-0.25, -0.2) is 8.42 Å². The molecule has 3 aromatic rings. The molecule has 0 aliphatic heterocycles. The van der Waals surface area contributed by atoms with E-state index in [1.165, 1.54) is 18.0 Å². The lowest BCUT2D eigenvalue weighted by atomic mass is 10.0. The molecule has 0 saturated heterocycles. The first-order valence-electron chi connectivity index (χ1n) is 12.8. The van der Waals surface area contributed by atoms with E-state index in [1.807, 2.05) is 30.3 Å². The molecule has 0 aliphatic rings. The minimum Gasteiger partial charge on any atom is -0.357 e. The third kappa shape index (κ3) is 9.11. The topological polar surface area (TPSA) is 86.8 Å². The Morgan fingerprint density at radius 2 is 1.62 bits per heavy atom. The number of likely N-dealkylation sites (N-methyl/N-ethyl adjacent to an activating group) is 1. The van der Waals surface area contributed by atoms with Gasteiger partial charge in [0, 0.05) is 33.0 Å². The fourth-order valence-corrected chi connectivity index (χ4v) is 5.67. The maximum absolute atomic E-state index is 13.7. The van der Waals surface area contributed by atoms with Gasteiger partial charge in [0.05, 0.1) is 27.6 Å². The van der Waals surface area contributed by atoms with Gasteiger partial charge >= 0.3 is 6.18 Å². The summed E-state index contributed by atoms with van der Waals surface area (Å²) in [5.41, 5.74) is 0.263. The summed E-state index contributed by atoms with van der Waals surface area (Å²) < 4.78 is 65.6. The zero-order valence-electron chi connectivity index (χ0n) is 22.9. The Morgan fingerprint density at radius 3 is 2.21 bits per heavy atom. The zero-order chi connectivity index (χ0) is 31.1. The van der Waals surface area contributed by atoms with Crippen LogP contribution in [0.25, 0.3) is 0 Å². The number of benzene rings is 3. The summed E-state index contributed by atoms with van der Waals surface area (Å²) in [4.78, 5) is 28.1. The summed E-state index contributed by atoms with van der Waals surface area (Å²) in [5, 5.41) is 3.19. The first-order chi connectivity index (χ1) is 19.7. The van der Waals surface area contributed by atoms with Crippen LogP contribution in [-0.2, 0) is 38.8 Å². The van der Waals surface area contributed by atoms with Crippen molar-refractivity contribution in [3.8, 4) is 0 Å². The summed E-state index contributed by atoms with van der Waals surface area (Å²) in [6.07, 6.45) is -3.78. The van der Waals surface area contributed by atoms with Crippen LogP contribution < -0.4 is 9.62 Å². The van der Waals surface area contributed by atoms with Crippen molar-refractivity contribution >= 4 is 50.7 Å². The number of carbonyl (C=O) groups excluding carboxylic acids is 2. The standard InChI is InChI=1S/C29H30Cl2F3N3O4S/c1-35-28(39)26(17-20-8-4-3-5-9-20)36(19-21-13-14-24(30)25(31)16-21)27(38)12-7-15-37(42(2,40)41)23-11-6-10-22(18-23)29(32,33)34/h3-6,8-11,13-14,16,18,26H,7,12,15,17,19H2,1-2H3,(H,35,39)/t26-/m0/s1. The molecule has 0 unspecified atom stereocenters. The van der Waals surface area contributed by atoms with Gasteiger partial charge in [0.2, 0.25) is 21.8 Å². The molecule has 42 heavy (non-hydrogen) atoms. The largest absolute Gasteiger partial charge is 0.416 e. The predicted octanol–water partition coefficient (Wildman–Crippen LogP) is 5.94. The molecule has 0 radical (unpaired) electrons. The number of hydrogen-bond donors (Lipinski definition) is 1. The Labute approximate surface area is 253 Å². The molecule has 3 rings (SSSR count). The minimum atomic E-state index is -4.66. The lowest BCUT2D eigenvalue weighted by Crippen LogP contribution is -2.49. The lowest BCUT2D eigenvalue weighted by Gasteiger charge is -2.31. The van der Waals surface area contributed by atoms with E-state index < -0.39 is 39.6 Å². The molecule has 0 bridgehead atoms. The van der Waals surface area contributed by atoms with Gasteiger partial charge in [0.1, 0.15) is 6.04 Å². The first kappa shape index (κ1) is 33.2. The molecule has 1 atom stereocenters. The molecule has 0 saturated carbocycles. The van der Waals surface area contributed by atoms with Crippen molar-refractivity contribution in [2.24, 2.45) is 0 Å². The van der Waals surface area contributed by atoms with Crippen molar-refractivity contribution in [1.29, 1.82) is 0 Å². The molecule has 1 N–H and O–H groups in total. The monoisotopic (exact) mass is 643 g/mol. The van der Waals surface area contributed by atoms with Crippen molar-refractivity contribution < 1.29 is 31.2 Å². The number of anilines is 1. The van der Waals surface area contributed by atoms with Crippen LogP contribution in [0.5, 0.6) is 0 Å². The second kappa shape index (κ2) is 14.3. The van der Waals surface area contributed by atoms with Crippen LogP contribution in [0, 0.1) is 0 Å². The molecule has 3 aromatic carbocycles. The summed E-state index contributed by atoms with van der Waals surface area (Å²) in [7, 11) is -2.52. The highest BCUT2D eigenvalue weighted by Gasteiger charge is 2.32. The van der Waals surface area contributed by atoms with Crippen LogP contribution in [0.3, 0.4) is 0 Å². The summed E-state index contributed by atoms with van der Waals surface area (Å²) in [6, 6.07) is 17.0. The normalized spacial score (nSPS) is 12.5. The van der Waals surface area contributed by atoms with Crippen molar-refractivity contribution in [1.82, 2.24) is 10.2 Å². The van der Waals surface area contributed by atoms with Crippen LogP contribution >= 0.6 is 23.2 Å². The summed E-state index contributed by atoms with van der Waals surface area (Å²) in [6.45, 7) is -0.250. The average molecular weight is 645 g/mol. The molecular weight excluding hydrogens is 614 g/mol. The average Bonchev–Trinajstić information content (AvgIpc) is 2.93. The van der Waals surface area contributed by atoms with Gasteiger partial charge in [0.15, 0.2) is 0 Å². The minimum absolute atomic E-state index is 0.00403. The lowest BCUT2D eigenvalue weighted by molar-refractivity contribution is -0.141. The molecule has 0 spiro atoms. The van der Waals surface area contributed by atoms with Crippen molar-refractivity contribution in [2.45, 2.75) is 38.0 Å². The van der Waals surface area contributed by atoms with E-state index in [1.54, 1.807) is 18.2 Å².